The summed E-state index contributed by atoms with van der Waals surface area (Å²) in [6.07, 6.45) is 6.74. The Morgan fingerprint density at radius 3 is 2.87 bits per heavy atom. The average Bonchev–Trinajstić information content (AvgIpc) is 3.83. The number of aromatic amines is 1. The minimum Gasteiger partial charge on any atom is -0.481 e. The minimum atomic E-state index is -0.828. The number of rotatable bonds is 4. The molecule has 47 heavy (non-hydrogen) atoms. The molecule has 10 nitrogen and oxygen atoms in total. The van der Waals surface area contributed by atoms with Crippen LogP contribution >= 0.6 is 0 Å². The Labute approximate surface area is 270 Å². The fourth-order valence-corrected chi connectivity index (χ4v) is 6.10. The van der Waals surface area contributed by atoms with Crippen LogP contribution in [-0.4, -0.2) is 54.0 Å². The third-order valence-corrected chi connectivity index (χ3v) is 8.66. The van der Waals surface area contributed by atoms with E-state index in [2.05, 4.69) is 35.2 Å². The number of H-pyrrole nitrogens is 1. The molecule has 0 saturated carbocycles. The van der Waals surface area contributed by atoms with Crippen LogP contribution in [0.4, 0.5) is 4.39 Å². The van der Waals surface area contributed by atoms with Gasteiger partial charge < -0.3 is 19.6 Å². The maximum Gasteiger partial charge on any atom is 0.303 e. The van der Waals surface area contributed by atoms with E-state index in [1.54, 1.807) is 16.9 Å². The predicted molar refractivity (Wildman–Crippen MR) is 174 cm³/mol. The van der Waals surface area contributed by atoms with E-state index in [4.69, 9.17) is 14.6 Å². The Kier molecular flexibility index (Phi) is 8.07. The molecule has 0 saturated heterocycles. The molecule has 1 aliphatic heterocycles. The second-order valence-electron chi connectivity index (χ2n) is 12.6. The molecule has 0 fully saturated rings. The van der Waals surface area contributed by atoms with Crippen molar-refractivity contribution in [3.63, 3.8) is 0 Å². The van der Waals surface area contributed by atoms with Crippen LogP contribution in [0.2, 0.25) is 0 Å². The van der Waals surface area contributed by atoms with Gasteiger partial charge in [-0.3, -0.25) is 9.48 Å². The van der Waals surface area contributed by atoms with Crippen molar-refractivity contribution in [1.29, 1.82) is 0 Å². The SMILES string of the molecule is CC1(C)COCCC(c2cccc(CCC(=O)O)c2)n2ccc(n2)-c2cccc(c2)Oc2c(F)cc3[nH]ccc3c2Cn2cc1nn2. The van der Waals surface area contributed by atoms with Gasteiger partial charge in [0.05, 0.1) is 30.6 Å². The molecule has 1 unspecified atom stereocenters. The van der Waals surface area contributed by atoms with Crippen molar-refractivity contribution in [1.82, 2.24) is 29.8 Å². The summed E-state index contributed by atoms with van der Waals surface area (Å²) in [5.41, 5.74) is 5.14. The summed E-state index contributed by atoms with van der Waals surface area (Å²) < 4.78 is 31.9. The second kappa shape index (κ2) is 12.5. The van der Waals surface area contributed by atoms with E-state index >= 15 is 4.39 Å². The monoisotopic (exact) mass is 634 g/mol. The number of nitrogens with zero attached hydrogens (tertiary/aromatic N) is 5. The molecular formula is C36H35FN6O4. The first-order valence-electron chi connectivity index (χ1n) is 15.6. The van der Waals surface area contributed by atoms with Crippen LogP contribution in [0.3, 0.4) is 0 Å². The van der Waals surface area contributed by atoms with Gasteiger partial charge in [-0.15, -0.1) is 5.10 Å². The number of benzene rings is 3. The van der Waals surface area contributed by atoms with Gasteiger partial charge in [-0.05, 0) is 48.2 Å². The van der Waals surface area contributed by atoms with Gasteiger partial charge in [0.25, 0.3) is 0 Å². The minimum absolute atomic E-state index is 0.0612. The Morgan fingerprint density at radius 2 is 2.00 bits per heavy atom. The van der Waals surface area contributed by atoms with Gasteiger partial charge in [0.1, 0.15) is 5.75 Å². The predicted octanol–water partition coefficient (Wildman–Crippen LogP) is 6.91. The smallest absolute Gasteiger partial charge is 0.303 e. The summed E-state index contributed by atoms with van der Waals surface area (Å²) in [6.45, 7) is 5.23. The molecule has 240 valence electrons. The first-order chi connectivity index (χ1) is 22.7. The molecule has 0 spiro atoms. The maximum absolute atomic E-state index is 15.7. The summed E-state index contributed by atoms with van der Waals surface area (Å²) in [6, 6.07) is 20.6. The lowest BCUT2D eigenvalue weighted by atomic mass is 9.91. The second-order valence-corrected chi connectivity index (χ2v) is 12.6. The van der Waals surface area contributed by atoms with E-state index in [-0.39, 0.29) is 24.8 Å². The lowest BCUT2D eigenvalue weighted by Crippen LogP contribution is -2.26. The number of hydrogen-bond donors (Lipinski definition) is 2. The largest absolute Gasteiger partial charge is 0.481 e. The Hall–Kier alpha value is -5.29. The zero-order valence-corrected chi connectivity index (χ0v) is 26.2. The summed E-state index contributed by atoms with van der Waals surface area (Å²) in [4.78, 5) is 14.3. The fourth-order valence-electron chi connectivity index (χ4n) is 6.10. The van der Waals surface area contributed by atoms with E-state index in [9.17, 15) is 9.90 Å². The van der Waals surface area contributed by atoms with Crippen molar-refractivity contribution in [3.05, 3.63) is 114 Å². The number of carbonyl (C=O) groups is 1. The number of halogens is 1. The Balaban J connectivity index is 1.30. The quantitative estimate of drug-likeness (QED) is 0.216. The van der Waals surface area contributed by atoms with Gasteiger partial charge in [-0.25, -0.2) is 9.07 Å². The highest BCUT2D eigenvalue weighted by Crippen LogP contribution is 2.36. The van der Waals surface area contributed by atoms with Crippen LogP contribution in [0.1, 0.15) is 55.1 Å². The zero-order chi connectivity index (χ0) is 32.5. The lowest BCUT2D eigenvalue weighted by molar-refractivity contribution is -0.136. The van der Waals surface area contributed by atoms with Gasteiger partial charge >= 0.3 is 5.97 Å². The van der Waals surface area contributed by atoms with Gasteiger partial charge in [0.2, 0.25) is 0 Å². The third-order valence-electron chi connectivity index (χ3n) is 8.66. The molecular weight excluding hydrogens is 599 g/mol. The van der Waals surface area contributed by atoms with Gasteiger partial charge in [-0.2, -0.15) is 5.10 Å². The van der Waals surface area contributed by atoms with E-state index in [1.165, 1.54) is 6.07 Å². The van der Waals surface area contributed by atoms with Crippen LogP contribution in [-0.2, 0) is 27.9 Å². The summed E-state index contributed by atoms with van der Waals surface area (Å²) in [5.74, 6) is -0.718. The molecule has 2 N–H and O–H groups in total. The number of ether oxygens (including phenoxy) is 2. The number of fused-ring (bicyclic) bond motifs is 10. The van der Waals surface area contributed by atoms with Crippen molar-refractivity contribution in [3.8, 4) is 22.8 Å². The standard InChI is InChI=1S/C36H35FN6O4/c1-36(2)22-46-16-13-32(25-7-3-5-23(17-25)9-10-34(44)45)43-15-12-30(40-43)24-6-4-8-26(18-24)47-35-28(20-42-21-33(36)39-41-42)27-11-14-38-31(27)19-29(35)37/h3-8,11-12,14-15,17-19,21,32,38H,9-10,13,16,20,22H2,1-2H3,(H,44,45). The summed E-state index contributed by atoms with van der Waals surface area (Å²) in [5, 5.41) is 23.9. The molecule has 1 aliphatic rings. The summed E-state index contributed by atoms with van der Waals surface area (Å²) in [7, 11) is 0. The number of carboxylic acids is 1. The molecule has 7 rings (SSSR count). The summed E-state index contributed by atoms with van der Waals surface area (Å²) >= 11 is 0. The van der Waals surface area contributed by atoms with Crippen LogP contribution in [0.15, 0.2) is 85.3 Å². The van der Waals surface area contributed by atoms with Crippen molar-refractivity contribution < 1.29 is 23.8 Å². The number of aliphatic carboxylic acids is 1. The van der Waals surface area contributed by atoms with Crippen molar-refractivity contribution in [2.24, 2.45) is 0 Å². The van der Waals surface area contributed by atoms with Crippen LogP contribution < -0.4 is 4.74 Å². The molecule has 6 bridgehead atoms. The lowest BCUT2D eigenvalue weighted by Gasteiger charge is -2.23. The van der Waals surface area contributed by atoms with Crippen LogP contribution in [0.25, 0.3) is 22.2 Å². The topological polar surface area (TPSA) is 120 Å². The van der Waals surface area contributed by atoms with Crippen molar-refractivity contribution in [2.45, 2.75) is 51.1 Å². The molecule has 4 heterocycles. The number of aromatic nitrogens is 6. The molecule has 3 aromatic heterocycles. The third kappa shape index (κ3) is 6.39. The normalized spacial score (nSPS) is 16.4. The highest BCUT2D eigenvalue weighted by molar-refractivity contribution is 5.85. The molecule has 11 heteroatoms. The maximum atomic E-state index is 15.7. The highest BCUT2D eigenvalue weighted by atomic mass is 19.1. The van der Waals surface area contributed by atoms with Crippen molar-refractivity contribution >= 4 is 16.9 Å². The Morgan fingerprint density at radius 1 is 1.13 bits per heavy atom. The molecule has 6 aromatic rings. The zero-order valence-electron chi connectivity index (χ0n) is 26.2. The number of nitrogens with one attached hydrogen (secondary N) is 1. The van der Waals surface area contributed by atoms with Crippen LogP contribution in [0.5, 0.6) is 11.5 Å². The fraction of sp³-hybridized carbons (Fsp3) is 0.278. The van der Waals surface area contributed by atoms with E-state index in [0.29, 0.717) is 42.9 Å². The Bertz CT molecular complexity index is 2060. The van der Waals surface area contributed by atoms with Crippen LogP contribution in [0, 0.1) is 5.82 Å². The van der Waals surface area contributed by atoms with Gasteiger partial charge in [0.15, 0.2) is 11.6 Å². The van der Waals surface area contributed by atoms with E-state index in [1.807, 2.05) is 65.6 Å². The molecule has 0 aliphatic carbocycles. The number of hydrogen-bond acceptors (Lipinski definition) is 6. The van der Waals surface area contributed by atoms with E-state index < -0.39 is 17.2 Å². The first-order valence-corrected chi connectivity index (χ1v) is 15.6. The van der Waals surface area contributed by atoms with E-state index in [0.717, 1.165) is 33.5 Å². The first kappa shape index (κ1) is 30.4. The average molecular weight is 635 g/mol. The van der Waals surface area contributed by atoms with Crippen molar-refractivity contribution in [2.75, 3.05) is 13.2 Å². The molecule has 0 radical (unpaired) electrons. The number of aryl methyl sites for hydroxylation is 1. The highest BCUT2D eigenvalue weighted by Gasteiger charge is 2.27. The number of carboxylic acid groups (broad SMARTS) is 1. The van der Waals surface area contributed by atoms with Gasteiger partial charge in [-0.1, -0.05) is 55.5 Å². The molecule has 1 atom stereocenters. The van der Waals surface area contributed by atoms with Gasteiger partial charge in [0, 0.05) is 65.1 Å². The molecule has 0 amide bonds. The molecule has 3 aromatic carbocycles.